The standard InChI is InChI=1S/C13H18F3N3O3/c1-9(7-22-8-13(14,15)16)19-12(20)18-6-10-3-4-11(21-2)17-5-10/h3-5,9H,6-8H2,1-2H3,(H2,18,19,20)/t9-/m1/s1. The van der Waals surface area contributed by atoms with Crippen LogP contribution in [-0.4, -0.2) is 43.6 Å². The third-order valence-corrected chi connectivity index (χ3v) is 2.47. The van der Waals surface area contributed by atoms with Gasteiger partial charge in [-0.15, -0.1) is 0 Å². The largest absolute Gasteiger partial charge is 0.481 e. The Morgan fingerprint density at radius 3 is 2.68 bits per heavy atom. The van der Waals surface area contributed by atoms with Gasteiger partial charge in [-0.05, 0) is 12.5 Å². The summed E-state index contributed by atoms with van der Waals surface area (Å²) in [4.78, 5) is 15.5. The Balaban J connectivity index is 2.24. The maximum atomic E-state index is 11.9. The molecule has 0 spiro atoms. The number of nitrogens with one attached hydrogen (secondary N) is 2. The number of amides is 2. The minimum absolute atomic E-state index is 0.225. The first-order chi connectivity index (χ1) is 10.3. The highest BCUT2D eigenvalue weighted by atomic mass is 19.4. The molecule has 0 unspecified atom stereocenters. The van der Waals surface area contributed by atoms with Crippen LogP contribution in [0.1, 0.15) is 12.5 Å². The zero-order valence-corrected chi connectivity index (χ0v) is 12.2. The van der Waals surface area contributed by atoms with E-state index in [4.69, 9.17) is 4.74 Å². The van der Waals surface area contributed by atoms with Crippen molar-refractivity contribution in [3.8, 4) is 5.88 Å². The molecule has 6 nitrogen and oxygen atoms in total. The van der Waals surface area contributed by atoms with E-state index in [1.165, 1.54) is 7.11 Å². The number of carbonyl (C=O) groups excluding carboxylic acids is 1. The third-order valence-electron chi connectivity index (χ3n) is 2.47. The molecule has 0 aliphatic carbocycles. The van der Waals surface area contributed by atoms with Crippen LogP contribution in [0.2, 0.25) is 0 Å². The molecule has 0 saturated carbocycles. The Morgan fingerprint density at radius 1 is 1.41 bits per heavy atom. The van der Waals surface area contributed by atoms with E-state index < -0.39 is 24.9 Å². The molecule has 0 radical (unpaired) electrons. The molecule has 0 bridgehead atoms. The third kappa shape index (κ3) is 7.67. The van der Waals surface area contributed by atoms with Gasteiger partial charge in [0.25, 0.3) is 0 Å². The molecule has 0 aromatic carbocycles. The molecule has 9 heteroatoms. The van der Waals surface area contributed by atoms with Crippen molar-refractivity contribution >= 4 is 6.03 Å². The molecule has 2 N–H and O–H groups in total. The smallest absolute Gasteiger partial charge is 0.411 e. The predicted octanol–water partition coefficient (Wildman–Crippen LogP) is 1.86. The van der Waals surface area contributed by atoms with Gasteiger partial charge in [-0.1, -0.05) is 6.07 Å². The molecule has 1 aromatic rings. The first-order valence-electron chi connectivity index (χ1n) is 6.48. The molecular weight excluding hydrogens is 303 g/mol. The number of urea groups is 1. The Labute approximate surface area is 126 Å². The fourth-order valence-corrected chi connectivity index (χ4v) is 1.49. The number of hydrogen-bond donors (Lipinski definition) is 2. The van der Waals surface area contributed by atoms with E-state index in [0.717, 1.165) is 5.56 Å². The van der Waals surface area contributed by atoms with Crippen molar-refractivity contribution in [2.75, 3.05) is 20.3 Å². The number of pyridine rings is 1. The Hall–Kier alpha value is -2.03. The van der Waals surface area contributed by atoms with Crippen molar-refractivity contribution in [2.24, 2.45) is 0 Å². The SMILES string of the molecule is COc1ccc(CNC(=O)N[C@H](C)COCC(F)(F)F)cn1. The van der Waals surface area contributed by atoms with Gasteiger partial charge < -0.3 is 20.1 Å². The Kier molecular flexibility index (Phi) is 6.90. The molecule has 1 aromatic heterocycles. The van der Waals surface area contributed by atoms with E-state index in [9.17, 15) is 18.0 Å². The van der Waals surface area contributed by atoms with E-state index in [-0.39, 0.29) is 13.2 Å². The number of halogens is 3. The van der Waals surface area contributed by atoms with Crippen molar-refractivity contribution in [2.45, 2.75) is 25.7 Å². The zero-order chi connectivity index (χ0) is 16.6. The summed E-state index contributed by atoms with van der Waals surface area (Å²) in [5.41, 5.74) is 0.761. The molecule has 1 heterocycles. The van der Waals surface area contributed by atoms with Gasteiger partial charge in [0, 0.05) is 18.8 Å². The highest BCUT2D eigenvalue weighted by Gasteiger charge is 2.27. The van der Waals surface area contributed by atoms with Crippen molar-refractivity contribution in [1.29, 1.82) is 0 Å². The van der Waals surface area contributed by atoms with Gasteiger partial charge in [0.05, 0.1) is 19.8 Å². The summed E-state index contributed by atoms with van der Waals surface area (Å²) in [5.74, 6) is 0.462. The van der Waals surface area contributed by atoms with Crippen LogP contribution < -0.4 is 15.4 Å². The average molecular weight is 321 g/mol. The lowest BCUT2D eigenvalue weighted by atomic mass is 10.3. The van der Waals surface area contributed by atoms with Crippen LogP contribution in [0.5, 0.6) is 5.88 Å². The lowest BCUT2D eigenvalue weighted by Gasteiger charge is -2.15. The van der Waals surface area contributed by atoms with Gasteiger partial charge >= 0.3 is 12.2 Å². The molecule has 1 atom stereocenters. The molecule has 0 saturated heterocycles. The first kappa shape index (κ1) is 18.0. The lowest BCUT2D eigenvalue weighted by molar-refractivity contribution is -0.174. The van der Waals surface area contributed by atoms with Gasteiger partial charge in [0.2, 0.25) is 5.88 Å². The van der Waals surface area contributed by atoms with Crippen molar-refractivity contribution in [1.82, 2.24) is 15.6 Å². The number of methoxy groups -OCH3 is 1. The van der Waals surface area contributed by atoms with E-state index >= 15 is 0 Å². The van der Waals surface area contributed by atoms with Crippen LogP contribution in [0, 0.1) is 0 Å². The molecule has 124 valence electrons. The minimum Gasteiger partial charge on any atom is -0.481 e. The number of alkyl halides is 3. The van der Waals surface area contributed by atoms with Crippen LogP contribution in [0.15, 0.2) is 18.3 Å². The number of nitrogens with zero attached hydrogens (tertiary/aromatic N) is 1. The van der Waals surface area contributed by atoms with Crippen LogP contribution in [-0.2, 0) is 11.3 Å². The van der Waals surface area contributed by atoms with Crippen LogP contribution in [0.4, 0.5) is 18.0 Å². The number of aromatic nitrogens is 1. The molecule has 0 aliphatic rings. The molecular formula is C13H18F3N3O3. The summed E-state index contributed by atoms with van der Waals surface area (Å²) < 4.78 is 45.0. The van der Waals surface area contributed by atoms with Crippen LogP contribution in [0.3, 0.4) is 0 Å². The van der Waals surface area contributed by atoms with Gasteiger partial charge in [-0.3, -0.25) is 0 Å². The second-order valence-corrected chi connectivity index (χ2v) is 4.57. The maximum Gasteiger partial charge on any atom is 0.411 e. The van der Waals surface area contributed by atoms with E-state index in [1.807, 2.05) is 0 Å². The number of ether oxygens (including phenoxy) is 2. The van der Waals surface area contributed by atoms with Gasteiger partial charge in [0.1, 0.15) is 6.61 Å². The second-order valence-electron chi connectivity index (χ2n) is 4.57. The maximum absolute atomic E-state index is 11.9. The van der Waals surface area contributed by atoms with Crippen molar-refractivity contribution < 1.29 is 27.4 Å². The Bertz CT molecular complexity index is 466. The minimum atomic E-state index is -4.37. The molecule has 0 fully saturated rings. The van der Waals surface area contributed by atoms with Crippen LogP contribution in [0.25, 0.3) is 0 Å². The number of hydrogen-bond acceptors (Lipinski definition) is 4. The highest BCUT2D eigenvalue weighted by molar-refractivity contribution is 5.74. The fraction of sp³-hybridized carbons (Fsp3) is 0.538. The monoisotopic (exact) mass is 321 g/mol. The first-order valence-corrected chi connectivity index (χ1v) is 6.48. The fourth-order valence-electron chi connectivity index (χ4n) is 1.49. The summed E-state index contributed by atoms with van der Waals surface area (Å²) in [6.07, 6.45) is -2.82. The van der Waals surface area contributed by atoms with Gasteiger partial charge in [0.15, 0.2) is 0 Å². The Morgan fingerprint density at radius 2 is 2.14 bits per heavy atom. The topological polar surface area (TPSA) is 72.5 Å². The summed E-state index contributed by atoms with van der Waals surface area (Å²) in [7, 11) is 1.50. The average Bonchev–Trinajstić information content (AvgIpc) is 2.44. The summed E-state index contributed by atoms with van der Waals surface area (Å²) >= 11 is 0. The van der Waals surface area contributed by atoms with E-state index in [2.05, 4.69) is 20.4 Å². The van der Waals surface area contributed by atoms with E-state index in [0.29, 0.717) is 5.88 Å². The van der Waals surface area contributed by atoms with Gasteiger partial charge in [-0.2, -0.15) is 13.2 Å². The highest BCUT2D eigenvalue weighted by Crippen LogP contribution is 2.14. The summed E-state index contributed by atoms with van der Waals surface area (Å²) in [6.45, 7) is 0.221. The van der Waals surface area contributed by atoms with E-state index in [1.54, 1.807) is 25.3 Å². The quantitative estimate of drug-likeness (QED) is 0.804. The van der Waals surface area contributed by atoms with Crippen molar-refractivity contribution in [3.63, 3.8) is 0 Å². The summed E-state index contributed by atoms with van der Waals surface area (Å²) in [5, 5.41) is 5.04. The molecule has 22 heavy (non-hydrogen) atoms. The lowest BCUT2D eigenvalue weighted by Crippen LogP contribution is -2.42. The number of carbonyl (C=O) groups is 1. The normalized spacial score (nSPS) is 12.6. The molecule has 0 aliphatic heterocycles. The zero-order valence-electron chi connectivity index (χ0n) is 12.2. The number of rotatable bonds is 7. The summed E-state index contributed by atoms with van der Waals surface area (Å²) in [6, 6.07) is 2.35. The van der Waals surface area contributed by atoms with Crippen molar-refractivity contribution in [3.05, 3.63) is 23.9 Å². The van der Waals surface area contributed by atoms with Crippen LogP contribution >= 0.6 is 0 Å². The van der Waals surface area contributed by atoms with Gasteiger partial charge in [-0.25, -0.2) is 9.78 Å². The molecule has 1 rings (SSSR count). The molecule has 2 amide bonds. The predicted molar refractivity (Wildman–Crippen MR) is 72.5 cm³/mol. The second kappa shape index (κ2) is 8.42.